The lowest BCUT2D eigenvalue weighted by Crippen LogP contribution is -2.07. The molecule has 0 aliphatic carbocycles. The summed E-state index contributed by atoms with van der Waals surface area (Å²) in [6.07, 6.45) is 0.449. The molecule has 12 aromatic rings. The molecule has 9 aromatic carbocycles. The smallest absolute Gasteiger partial charge is 0.163 e. The quantitative estimate of drug-likeness (QED) is 0.153. The van der Waals surface area contributed by atoms with Crippen molar-refractivity contribution >= 4 is 43.7 Å². The van der Waals surface area contributed by atoms with Crippen molar-refractivity contribution in [3.8, 4) is 61.8 Å². The van der Waals surface area contributed by atoms with Crippen molar-refractivity contribution in [3.63, 3.8) is 0 Å². The van der Waals surface area contributed by atoms with Gasteiger partial charge >= 0.3 is 0 Å². The second kappa shape index (κ2) is 15.2. The molecule has 63 heavy (non-hydrogen) atoms. The second-order valence-corrected chi connectivity index (χ2v) is 15.9. The van der Waals surface area contributed by atoms with E-state index in [2.05, 4.69) is 180 Å². The summed E-state index contributed by atoms with van der Waals surface area (Å²) in [4.78, 5) is 15.5. The molecule has 3 aromatic heterocycles. The number of aromatic nitrogens is 4. The van der Waals surface area contributed by atoms with Crippen LogP contribution in [0.5, 0.6) is 0 Å². The summed E-state index contributed by atoms with van der Waals surface area (Å²) in [5.41, 5.74) is 14.9. The first-order chi connectivity index (χ1) is 31.2. The average molecular weight is 807 g/mol. The van der Waals surface area contributed by atoms with Gasteiger partial charge in [0.05, 0.1) is 11.0 Å². The molecule has 0 unspecified atom stereocenters. The zero-order valence-electron chi connectivity index (χ0n) is 34.2. The average Bonchev–Trinajstić information content (AvgIpc) is 3.90. The monoisotopic (exact) mass is 806 g/mol. The largest absolute Gasteiger partial charge is 0.456 e. The van der Waals surface area contributed by atoms with E-state index in [1.54, 1.807) is 0 Å². The Hall–Kier alpha value is -8.41. The van der Waals surface area contributed by atoms with E-state index < -0.39 is 0 Å². The van der Waals surface area contributed by atoms with E-state index in [0.717, 1.165) is 72.0 Å². The van der Waals surface area contributed by atoms with Gasteiger partial charge in [-0.25, -0.2) is 15.0 Å². The zero-order valence-corrected chi connectivity index (χ0v) is 34.2. The van der Waals surface area contributed by atoms with E-state index in [-0.39, 0.29) is 0 Å². The molecular formula is C58H38N4O. The van der Waals surface area contributed by atoms with Gasteiger partial charge in [0.25, 0.3) is 0 Å². The van der Waals surface area contributed by atoms with E-state index in [9.17, 15) is 0 Å². The van der Waals surface area contributed by atoms with Gasteiger partial charge in [0.15, 0.2) is 11.6 Å². The number of hydrogen-bond acceptors (Lipinski definition) is 4. The topological polar surface area (TPSA) is 56.7 Å². The SMILES string of the molecule is c1ccc(-c2nc(Cc3cc(-c4c(-c5ccccc5)cccc4-c4ccccc4)ccc3-n3c4ccccc4c4c5c(ccc43)oc3ccccc35)nc(-c3ccccc3)n2)cc1. The molecule has 0 bridgehead atoms. The Bertz CT molecular complexity index is 3520. The van der Waals surface area contributed by atoms with Gasteiger partial charge < -0.3 is 8.98 Å². The van der Waals surface area contributed by atoms with E-state index in [1.165, 1.54) is 27.5 Å². The molecule has 0 amide bonds. The minimum Gasteiger partial charge on any atom is -0.456 e. The molecule has 12 rings (SSSR count). The van der Waals surface area contributed by atoms with Crippen LogP contribution in [0.25, 0.3) is 106 Å². The Morgan fingerprint density at radius 1 is 0.381 bits per heavy atom. The predicted octanol–water partition coefficient (Wildman–Crippen LogP) is 14.8. The molecule has 0 saturated heterocycles. The van der Waals surface area contributed by atoms with Crippen LogP contribution in [0, 0.1) is 0 Å². The first-order valence-electron chi connectivity index (χ1n) is 21.3. The van der Waals surface area contributed by atoms with Gasteiger partial charge in [-0.05, 0) is 75.3 Å². The van der Waals surface area contributed by atoms with Gasteiger partial charge in [-0.15, -0.1) is 0 Å². The van der Waals surface area contributed by atoms with Crippen LogP contribution in [0.2, 0.25) is 0 Å². The summed E-state index contributed by atoms with van der Waals surface area (Å²) in [6, 6.07) is 76.7. The first kappa shape index (κ1) is 36.4. The van der Waals surface area contributed by atoms with Crippen molar-refractivity contribution in [3.05, 3.63) is 230 Å². The summed E-state index contributed by atoms with van der Waals surface area (Å²) in [5.74, 6) is 1.97. The maximum absolute atomic E-state index is 6.45. The molecule has 0 fully saturated rings. The van der Waals surface area contributed by atoms with Crippen molar-refractivity contribution in [2.75, 3.05) is 0 Å². The molecule has 0 N–H and O–H groups in total. The first-order valence-corrected chi connectivity index (χ1v) is 21.3. The summed E-state index contributed by atoms with van der Waals surface area (Å²) in [6.45, 7) is 0. The maximum Gasteiger partial charge on any atom is 0.163 e. The third-order valence-corrected chi connectivity index (χ3v) is 12.1. The number of fused-ring (bicyclic) bond motifs is 7. The van der Waals surface area contributed by atoms with Gasteiger partial charge in [0, 0.05) is 44.8 Å². The molecule has 0 aliphatic rings. The van der Waals surface area contributed by atoms with Crippen LogP contribution < -0.4 is 0 Å². The fraction of sp³-hybridized carbons (Fsp3) is 0.0172. The number of nitrogens with zero attached hydrogens (tertiary/aromatic N) is 4. The van der Waals surface area contributed by atoms with Crippen LogP contribution in [0.3, 0.4) is 0 Å². The summed E-state index contributed by atoms with van der Waals surface area (Å²) >= 11 is 0. The van der Waals surface area contributed by atoms with E-state index in [1.807, 2.05) is 42.5 Å². The van der Waals surface area contributed by atoms with Crippen molar-refractivity contribution in [2.24, 2.45) is 0 Å². The van der Waals surface area contributed by atoms with Crippen LogP contribution in [-0.4, -0.2) is 19.5 Å². The number of benzene rings is 9. The van der Waals surface area contributed by atoms with Crippen LogP contribution in [0.4, 0.5) is 0 Å². The highest BCUT2D eigenvalue weighted by atomic mass is 16.3. The maximum atomic E-state index is 6.45. The standard InChI is InChI=1S/C58H38N4O/c1-5-18-38(19-6-1)44-28-17-29-45(39-20-7-2-8-21-39)54(44)42-32-33-48(43(36-42)37-53-59-57(40-22-9-3-10-23-40)61-58(60-53)41-24-11-4-12-25-41)62-49-30-15-13-26-46(49)55-50(62)34-35-52-56(55)47-27-14-16-31-51(47)63-52/h1-36H,37H2. The van der Waals surface area contributed by atoms with Gasteiger partial charge in [-0.2, -0.15) is 0 Å². The fourth-order valence-corrected chi connectivity index (χ4v) is 9.32. The van der Waals surface area contributed by atoms with Crippen LogP contribution in [0.1, 0.15) is 11.4 Å². The summed E-state index contributed by atoms with van der Waals surface area (Å²) in [7, 11) is 0. The molecule has 0 atom stereocenters. The molecule has 296 valence electrons. The van der Waals surface area contributed by atoms with Crippen molar-refractivity contribution < 1.29 is 4.42 Å². The van der Waals surface area contributed by atoms with Gasteiger partial charge in [-0.1, -0.05) is 182 Å². The van der Waals surface area contributed by atoms with Gasteiger partial charge in [0.1, 0.15) is 17.0 Å². The lowest BCUT2D eigenvalue weighted by molar-refractivity contribution is 0.669. The Kier molecular flexibility index (Phi) is 8.82. The Morgan fingerprint density at radius 2 is 0.937 bits per heavy atom. The molecule has 5 heteroatoms. The Balaban J connectivity index is 1.15. The molecule has 3 heterocycles. The fourth-order valence-electron chi connectivity index (χ4n) is 9.32. The molecule has 5 nitrogen and oxygen atoms in total. The lowest BCUT2D eigenvalue weighted by atomic mass is 9.86. The Morgan fingerprint density at radius 3 is 1.57 bits per heavy atom. The predicted molar refractivity (Wildman–Crippen MR) is 258 cm³/mol. The van der Waals surface area contributed by atoms with Gasteiger partial charge in [-0.3, -0.25) is 0 Å². The highest BCUT2D eigenvalue weighted by molar-refractivity contribution is 6.27. The van der Waals surface area contributed by atoms with Crippen LogP contribution in [-0.2, 0) is 6.42 Å². The van der Waals surface area contributed by atoms with Crippen molar-refractivity contribution in [1.29, 1.82) is 0 Å². The lowest BCUT2D eigenvalue weighted by Gasteiger charge is -2.20. The summed E-state index contributed by atoms with van der Waals surface area (Å²) < 4.78 is 8.87. The third kappa shape index (κ3) is 6.37. The minimum absolute atomic E-state index is 0.449. The Labute approximate surface area is 364 Å². The second-order valence-electron chi connectivity index (χ2n) is 15.9. The highest BCUT2D eigenvalue weighted by Gasteiger charge is 2.23. The highest BCUT2D eigenvalue weighted by Crippen LogP contribution is 2.44. The number of rotatable bonds is 8. The van der Waals surface area contributed by atoms with Crippen molar-refractivity contribution in [2.45, 2.75) is 6.42 Å². The normalized spacial score (nSPS) is 11.6. The summed E-state index contributed by atoms with van der Waals surface area (Å²) in [5, 5.41) is 4.56. The zero-order chi connectivity index (χ0) is 41.7. The molecule has 0 saturated carbocycles. The molecule has 0 radical (unpaired) electrons. The van der Waals surface area contributed by atoms with Crippen LogP contribution >= 0.6 is 0 Å². The van der Waals surface area contributed by atoms with E-state index in [4.69, 9.17) is 19.4 Å². The molecule has 0 spiro atoms. The van der Waals surface area contributed by atoms with Crippen LogP contribution in [0.15, 0.2) is 223 Å². The van der Waals surface area contributed by atoms with E-state index >= 15 is 0 Å². The molecule has 0 aliphatic heterocycles. The number of furan rings is 1. The van der Waals surface area contributed by atoms with Crippen molar-refractivity contribution in [1.82, 2.24) is 19.5 Å². The number of hydrogen-bond donors (Lipinski definition) is 0. The van der Waals surface area contributed by atoms with E-state index in [0.29, 0.717) is 23.9 Å². The number of para-hydroxylation sites is 2. The van der Waals surface area contributed by atoms with Gasteiger partial charge in [0.2, 0.25) is 0 Å². The third-order valence-electron chi connectivity index (χ3n) is 12.1. The minimum atomic E-state index is 0.449. The molecular weight excluding hydrogens is 769 g/mol.